The Balaban J connectivity index is 1.91. The van der Waals surface area contributed by atoms with Gasteiger partial charge in [-0.15, -0.1) is 0 Å². The van der Waals surface area contributed by atoms with Crippen molar-refractivity contribution in [2.45, 2.75) is 31.7 Å². The van der Waals surface area contributed by atoms with Gasteiger partial charge in [-0.1, -0.05) is 0 Å². The fourth-order valence-corrected chi connectivity index (χ4v) is 3.83. The SMILES string of the molecule is O=C1CCc2cc([N+](=O)[O-])c(NC3CCCSC3)cc2N1. The van der Waals surface area contributed by atoms with Crippen LogP contribution in [0.5, 0.6) is 0 Å². The minimum absolute atomic E-state index is 0.0319. The van der Waals surface area contributed by atoms with Crippen LogP contribution < -0.4 is 10.6 Å². The summed E-state index contributed by atoms with van der Waals surface area (Å²) in [6.45, 7) is 0. The van der Waals surface area contributed by atoms with Gasteiger partial charge in [-0.2, -0.15) is 11.8 Å². The van der Waals surface area contributed by atoms with Crippen molar-refractivity contribution in [1.29, 1.82) is 0 Å². The molecule has 0 aliphatic carbocycles. The third-order valence-corrected chi connectivity index (χ3v) is 5.05. The summed E-state index contributed by atoms with van der Waals surface area (Å²) >= 11 is 1.86. The highest BCUT2D eigenvalue weighted by atomic mass is 32.2. The van der Waals surface area contributed by atoms with E-state index in [9.17, 15) is 14.9 Å². The number of rotatable bonds is 3. The minimum Gasteiger partial charge on any atom is -0.376 e. The number of carbonyl (C=O) groups is 1. The predicted molar refractivity (Wildman–Crippen MR) is 84.0 cm³/mol. The Labute approximate surface area is 126 Å². The van der Waals surface area contributed by atoms with Crippen molar-refractivity contribution >= 4 is 34.7 Å². The molecule has 1 aromatic rings. The lowest BCUT2D eigenvalue weighted by Gasteiger charge is -2.25. The number of aryl methyl sites for hydroxylation is 1. The van der Waals surface area contributed by atoms with E-state index in [0.29, 0.717) is 24.2 Å². The Morgan fingerprint density at radius 2 is 2.24 bits per heavy atom. The predicted octanol–water partition coefficient (Wildman–Crippen LogP) is 2.79. The van der Waals surface area contributed by atoms with Crippen LogP contribution in [0.3, 0.4) is 0 Å². The van der Waals surface area contributed by atoms with E-state index >= 15 is 0 Å². The molecule has 2 heterocycles. The maximum absolute atomic E-state index is 11.5. The number of fused-ring (bicyclic) bond motifs is 1. The van der Waals surface area contributed by atoms with Gasteiger partial charge in [-0.3, -0.25) is 14.9 Å². The summed E-state index contributed by atoms with van der Waals surface area (Å²) in [7, 11) is 0. The van der Waals surface area contributed by atoms with E-state index < -0.39 is 0 Å². The molecule has 1 fully saturated rings. The summed E-state index contributed by atoms with van der Waals surface area (Å²) in [5, 5.41) is 17.4. The van der Waals surface area contributed by atoms with Crippen molar-refractivity contribution in [3.05, 3.63) is 27.8 Å². The zero-order valence-electron chi connectivity index (χ0n) is 11.6. The molecule has 1 atom stereocenters. The minimum atomic E-state index is -0.352. The van der Waals surface area contributed by atoms with Gasteiger partial charge in [-0.25, -0.2) is 0 Å². The summed E-state index contributed by atoms with van der Waals surface area (Å²) in [4.78, 5) is 22.4. The molecular weight excluding hydrogens is 290 g/mol. The van der Waals surface area contributed by atoms with Crippen LogP contribution >= 0.6 is 11.8 Å². The van der Waals surface area contributed by atoms with Gasteiger partial charge in [0.05, 0.1) is 4.92 Å². The number of anilines is 2. The number of nitrogens with zero attached hydrogens (tertiary/aromatic N) is 1. The third kappa shape index (κ3) is 3.12. The Hall–Kier alpha value is -1.76. The fraction of sp³-hybridized carbons (Fsp3) is 0.500. The molecule has 7 heteroatoms. The lowest BCUT2D eigenvalue weighted by atomic mass is 10.0. The number of carbonyl (C=O) groups excluding carboxylic acids is 1. The van der Waals surface area contributed by atoms with Crippen molar-refractivity contribution in [1.82, 2.24) is 0 Å². The molecule has 2 N–H and O–H groups in total. The second kappa shape index (κ2) is 5.93. The van der Waals surface area contributed by atoms with E-state index in [4.69, 9.17) is 0 Å². The molecule has 0 saturated carbocycles. The second-order valence-electron chi connectivity index (χ2n) is 5.39. The molecule has 3 rings (SSSR count). The smallest absolute Gasteiger partial charge is 0.292 e. The first-order chi connectivity index (χ1) is 10.1. The maximum atomic E-state index is 11.5. The zero-order valence-corrected chi connectivity index (χ0v) is 12.4. The highest BCUT2D eigenvalue weighted by molar-refractivity contribution is 7.99. The van der Waals surface area contributed by atoms with Gasteiger partial charge in [-0.05, 0) is 36.6 Å². The number of nitro groups is 1. The standard InChI is InChI=1S/C14H17N3O3S/c18-14-4-3-9-6-13(17(19)20)12(7-11(9)16-14)15-10-2-1-5-21-8-10/h6-7,10,15H,1-5,8H2,(H,16,18). The molecule has 6 nitrogen and oxygen atoms in total. The molecule has 1 unspecified atom stereocenters. The lowest BCUT2D eigenvalue weighted by Crippen LogP contribution is -2.26. The summed E-state index contributed by atoms with van der Waals surface area (Å²) in [6, 6.07) is 3.55. The van der Waals surface area contributed by atoms with Gasteiger partial charge in [0, 0.05) is 30.0 Å². The number of nitro benzene ring substituents is 1. The number of amides is 1. The molecule has 0 bridgehead atoms. The number of hydrogen-bond acceptors (Lipinski definition) is 5. The molecule has 112 valence electrons. The molecule has 2 aliphatic heterocycles. The van der Waals surface area contributed by atoms with E-state index in [1.807, 2.05) is 11.8 Å². The van der Waals surface area contributed by atoms with Crippen LogP contribution in [0.1, 0.15) is 24.8 Å². The number of thioether (sulfide) groups is 1. The fourth-order valence-electron chi connectivity index (χ4n) is 2.76. The Morgan fingerprint density at radius 1 is 1.38 bits per heavy atom. The van der Waals surface area contributed by atoms with Crippen LogP contribution in [0, 0.1) is 10.1 Å². The largest absolute Gasteiger partial charge is 0.376 e. The highest BCUT2D eigenvalue weighted by Crippen LogP contribution is 2.35. The molecule has 2 aliphatic rings. The Morgan fingerprint density at radius 3 is 2.95 bits per heavy atom. The summed E-state index contributed by atoms with van der Waals surface area (Å²) in [5.41, 5.74) is 2.14. The zero-order chi connectivity index (χ0) is 14.8. The van der Waals surface area contributed by atoms with E-state index in [-0.39, 0.29) is 22.6 Å². The normalized spacial score (nSPS) is 21.3. The molecule has 1 saturated heterocycles. The van der Waals surface area contributed by atoms with Crippen LogP contribution in [0.2, 0.25) is 0 Å². The van der Waals surface area contributed by atoms with Crippen molar-refractivity contribution < 1.29 is 9.72 Å². The van der Waals surface area contributed by atoms with Gasteiger partial charge >= 0.3 is 0 Å². The van der Waals surface area contributed by atoms with Crippen molar-refractivity contribution in [2.24, 2.45) is 0 Å². The average molecular weight is 307 g/mol. The van der Waals surface area contributed by atoms with Crippen LogP contribution in [-0.4, -0.2) is 28.4 Å². The first-order valence-corrected chi connectivity index (χ1v) is 8.24. The topological polar surface area (TPSA) is 84.3 Å². The maximum Gasteiger partial charge on any atom is 0.292 e. The summed E-state index contributed by atoms with van der Waals surface area (Å²) < 4.78 is 0. The van der Waals surface area contributed by atoms with Crippen LogP contribution in [0.15, 0.2) is 12.1 Å². The van der Waals surface area contributed by atoms with Gasteiger partial charge in [0.2, 0.25) is 5.91 Å². The molecule has 1 amide bonds. The lowest BCUT2D eigenvalue weighted by molar-refractivity contribution is -0.384. The molecule has 0 spiro atoms. The first kappa shape index (κ1) is 14.2. The number of nitrogens with one attached hydrogen (secondary N) is 2. The van der Waals surface area contributed by atoms with E-state index in [1.54, 1.807) is 12.1 Å². The molecule has 21 heavy (non-hydrogen) atoms. The number of benzene rings is 1. The van der Waals surface area contributed by atoms with Crippen LogP contribution in [0.4, 0.5) is 17.1 Å². The summed E-state index contributed by atoms with van der Waals surface area (Å²) in [5.74, 6) is 2.08. The van der Waals surface area contributed by atoms with E-state index in [0.717, 1.165) is 29.9 Å². The van der Waals surface area contributed by atoms with Crippen LogP contribution in [-0.2, 0) is 11.2 Å². The monoisotopic (exact) mass is 307 g/mol. The van der Waals surface area contributed by atoms with Gasteiger partial charge in [0.15, 0.2) is 0 Å². The third-order valence-electron chi connectivity index (χ3n) is 3.83. The highest BCUT2D eigenvalue weighted by Gasteiger charge is 2.24. The van der Waals surface area contributed by atoms with Gasteiger partial charge in [0.1, 0.15) is 5.69 Å². The molecule has 0 radical (unpaired) electrons. The van der Waals surface area contributed by atoms with Crippen molar-refractivity contribution in [3.63, 3.8) is 0 Å². The van der Waals surface area contributed by atoms with Gasteiger partial charge in [0.25, 0.3) is 5.69 Å². The quantitative estimate of drug-likeness (QED) is 0.662. The molecular formula is C14H17N3O3S. The van der Waals surface area contributed by atoms with Crippen molar-refractivity contribution in [2.75, 3.05) is 22.1 Å². The van der Waals surface area contributed by atoms with Crippen LogP contribution in [0.25, 0.3) is 0 Å². The second-order valence-corrected chi connectivity index (χ2v) is 6.54. The number of hydrogen-bond donors (Lipinski definition) is 2. The Bertz CT molecular complexity index is 585. The molecule has 0 aromatic heterocycles. The first-order valence-electron chi connectivity index (χ1n) is 7.09. The van der Waals surface area contributed by atoms with Gasteiger partial charge < -0.3 is 10.6 Å². The Kier molecular flexibility index (Phi) is 4.01. The molecule has 1 aromatic carbocycles. The average Bonchev–Trinajstić information content (AvgIpc) is 2.47. The van der Waals surface area contributed by atoms with Crippen molar-refractivity contribution in [3.8, 4) is 0 Å². The van der Waals surface area contributed by atoms with E-state index in [1.165, 1.54) is 0 Å². The summed E-state index contributed by atoms with van der Waals surface area (Å²) in [6.07, 6.45) is 3.09. The van der Waals surface area contributed by atoms with E-state index in [2.05, 4.69) is 10.6 Å².